The van der Waals surface area contributed by atoms with Crippen LogP contribution in [0.4, 0.5) is 8.78 Å². The minimum Gasteiger partial charge on any atom is -0.490 e. The van der Waals surface area contributed by atoms with E-state index >= 15 is 0 Å². The van der Waals surface area contributed by atoms with Crippen LogP contribution in [-0.4, -0.2) is 22.9 Å². The molecule has 0 atom stereocenters. The number of hydrogen-bond acceptors (Lipinski definition) is 3. The molecule has 1 aliphatic heterocycles. The van der Waals surface area contributed by atoms with E-state index in [9.17, 15) is 8.78 Å². The van der Waals surface area contributed by atoms with Crippen LogP contribution in [0.1, 0.15) is 31.2 Å². The predicted octanol–water partition coefficient (Wildman–Crippen LogP) is 4.96. The van der Waals surface area contributed by atoms with Crippen molar-refractivity contribution in [1.82, 2.24) is 4.31 Å². The van der Waals surface area contributed by atoms with E-state index in [0.29, 0.717) is 5.75 Å². The molecule has 2 nitrogen and oxygen atoms in total. The highest BCUT2D eigenvalue weighted by atomic mass is 32.2. The third-order valence-corrected chi connectivity index (χ3v) is 5.50. The Labute approximate surface area is 139 Å². The van der Waals surface area contributed by atoms with Crippen molar-refractivity contribution < 1.29 is 13.5 Å². The molecule has 0 amide bonds. The van der Waals surface area contributed by atoms with Crippen LogP contribution in [0.15, 0.2) is 46.9 Å². The fraction of sp³-hybridized carbons (Fsp3) is 0.444. The van der Waals surface area contributed by atoms with Gasteiger partial charge in [0.15, 0.2) is 0 Å². The molecule has 0 N–H and O–H groups in total. The molecule has 1 aromatic carbocycles. The van der Waals surface area contributed by atoms with Gasteiger partial charge in [-0.3, -0.25) is 0 Å². The van der Waals surface area contributed by atoms with Gasteiger partial charge in [0.2, 0.25) is 0 Å². The lowest BCUT2D eigenvalue weighted by atomic mass is 9.91. The molecule has 1 aromatic rings. The first-order chi connectivity index (χ1) is 11.1. The lowest BCUT2D eigenvalue weighted by molar-refractivity contribution is -0.134. The topological polar surface area (TPSA) is 12.5 Å². The van der Waals surface area contributed by atoms with Crippen molar-refractivity contribution in [3.05, 3.63) is 47.6 Å². The summed E-state index contributed by atoms with van der Waals surface area (Å²) in [6, 6.07) is 5.94. The van der Waals surface area contributed by atoms with Crippen LogP contribution in [0.5, 0.6) is 5.75 Å². The van der Waals surface area contributed by atoms with Crippen molar-refractivity contribution in [2.75, 3.05) is 6.54 Å². The number of alkyl halides is 2. The zero-order chi connectivity index (χ0) is 15.9. The van der Waals surface area contributed by atoms with Gasteiger partial charge in [-0.2, -0.15) is 0 Å². The van der Waals surface area contributed by atoms with Gasteiger partial charge in [-0.25, -0.2) is 13.1 Å². The van der Waals surface area contributed by atoms with E-state index in [2.05, 4.69) is 22.5 Å². The summed E-state index contributed by atoms with van der Waals surface area (Å²) in [4.78, 5) is 1.23. The van der Waals surface area contributed by atoms with E-state index in [0.717, 1.165) is 25.9 Å². The SMILES string of the molecule is FC1(F)CC(Oc2ccc3c(c2)CN(CC2=CCCC=C2)S3)C1. The number of ether oxygens (including phenoxy) is 1. The molecule has 5 heteroatoms. The van der Waals surface area contributed by atoms with Gasteiger partial charge in [-0.15, -0.1) is 0 Å². The third kappa shape index (κ3) is 3.45. The van der Waals surface area contributed by atoms with Gasteiger partial charge < -0.3 is 4.74 Å². The van der Waals surface area contributed by atoms with Gasteiger partial charge >= 0.3 is 0 Å². The zero-order valence-corrected chi connectivity index (χ0v) is 13.6. The molecular weight excluding hydrogens is 316 g/mol. The number of allylic oxidation sites excluding steroid dienone is 2. The van der Waals surface area contributed by atoms with E-state index in [-0.39, 0.29) is 18.9 Å². The Morgan fingerprint density at radius 3 is 2.87 bits per heavy atom. The monoisotopic (exact) mass is 335 g/mol. The largest absolute Gasteiger partial charge is 0.490 e. The Hall–Kier alpha value is -1.33. The van der Waals surface area contributed by atoms with Crippen molar-refractivity contribution in [1.29, 1.82) is 0 Å². The average molecular weight is 335 g/mol. The van der Waals surface area contributed by atoms with Crippen LogP contribution in [0.2, 0.25) is 0 Å². The van der Waals surface area contributed by atoms with Gasteiger partial charge in [0.25, 0.3) is 5.92 Å². The summed E-state index contributed by atoms with van der Waals surface area (Å²) in [5.41, 5.74) is 2.59. The highest BCUT2D eigenvalue weighted by molar-refractivity contribution is 7.97. The molecule has 4 rings (SSSR count). The molecule has 1 saturated carbocycles. The minimum atomic E-state index is -2.53. The standard InChI is InChI=1S/C18H19F2NOS/c19-18(20)9-16(10-18)22-15-6-7-17-14(8-15)12-21(23-17)11-13-4-2-1-3-5-13/h2,4-8,16H,1,3,9-12H2. The minimum absolute atomic E-state index is 0.161. The van der Waals surface area contributed by atoms with Crippen molar-refractivity contribution in [3.63, 3.8) is 0 Å². The van der Waals surface area contributed by atoms with Gasteiger partial charge in [-0.1, -0.05) is 18.2 Å². The van der Waals surface area contributed by atoms with Crippen LogP contribution in [0.3, 0.4) is 0 Å². The first-order valence-electron chi connectivity index (χ1n) is 8.03. The maximum atomic E-state index is 12.9. The fourth-order valence-electron chi connectivity index (χ4n) is 3.16. The lowest BCUT2D eigenvalue weighted by Crippen LogP contribution is -2.43. The molecule has 23 heavy (non-hydrogen) atoms. The summed E-state index contributed by atoms with van der Waals surface area (Å²) >= 11 is 1.76. The van der Waals surface area contributed by atoms with E-state index < -0.39 is 5.92 Å². The van der Waals surface area contributed by atoms with Gasteiger partial charge in [-0.05, 0) is 54.1 Å². The van der Waals surface area contributed by atoms with Gasteiger partial charge in [0.05, 0.1) is 0 Å². The Balaban J connectivity index is 1.37. The second-order valence-electron chi connectivity index (χ2n) is 6.42. The summed E-state index contributed by atoms with van der Waals surface area (Å²) < 4.78 is 33.8. The van der Waals surface area contributed by atoms with E-state index in [1.807, 2.05) is 18.2 Å². The highest BCUT2D eigenvalue weighted by Crippen LogP contribution is 2.42. The highest BCUT2D eigenvalue weighted by Gasteiger charge is 2.47. The summed E-state index contributed by atoms with van der Waals surface area (Å²) in [5, 5.41) is 0. The van der Waals surface area contributed by atoms with E-state index in [1.54, 1.807) is 11.9 Å². The van der Waals surface area contributed by atoms with Crippen LogP contribution >= 0.6 is 11.9 Å². The Morgan fingerprint density at radius 2 is 2.13 bits per heavy atom. The average Bonchev–Trinajstić information content (AvgIpc) is 2.88. The van der Waals surface area contributed by atoms with Crippen LogP contribution < -0.4 is 4.74 Å². The second kappa shape index (κ2) is 5.95. The summed E-state index contributed by atoms with van der Waals surface area (Å²) in [7, 11) is 0. The molecule has 1 heterocycles. The van der Waals surface area contributed by atoms with Crippen molar-refractivity contribution in [2.24, 2.45) is 0 Å². The number of benzene rings is 1. The van der Waals surface area contributed by atoms with Gasteiger partial charge in [0.1, 0.15) is 11.9 Å². The van der Waals surface area contributed by atoms with E-state index in [4.69, 9.17) is 4.74 Å². The quantitative estimate of drug-likeness (QED) is 0.722. The Bertz CT molecular complexity index is 663. The molecule has 0 unspecified atom stereocenters. The lowest BCUT2D eigenvalue weighted by Gasteiger charge is -2.34. The van der Waals surface area contributed by atoms with Crippen molar-refractivity contribution in [3.8, 4) is 5.75 Å². The molecule has 0 spiro atoms. The molecule has 0 aromatic heterocycles. The summed E-state index contributed by atoms with van der Waals surface area (Å²) in [5.74, 6) is -1.82. The summed E-state index contributed by atoms with van der Waals surface area (Å²) in [6.45, 7) is 1.80. The Morgan fingerprint density at radius 1 is 1.26 bits per heavy atom. The number of halogens is 2. The van der Waals surface area contributed by atoms with Crippen LogP contribution in [0.25, 0.3) is 0 Å². The molecule has 2 aliphatic carbocycles. The maximum absolute atomic E-state index is 12.9. The molecule has 122 valence electrons. The molecule has 0 saturated heterocycles. The van der Waals surface area contributed by atoms with Crippen molar-refractivity contribution >= 4 is 11.9 Å². The number of rotatable bonds is 4. The maximum Gasteiger partial charge on any atom is 0.255 e. The Kier molecular flexibility index (Phi) is 3.93. The number of fused-ring (bicyclic) bond motifs is 1. The van der Waals surface area contributed by atoms with Crippen LogP contribution in [0, 0.1) is 0 Å². The molecule has 3 aliphatic rings. The predicted molar refractivity (Wildman–Crippen MR) is 87.8 cm³/mol. The number of hydrogen-bond donors (Lipinski definition) is 0. The second-order valence-corrected chi connectivity index (χ2v) is 7.56. The molecular formula is C18H19F2NOS. The third-order valence-electron chi connectivity index (χ3n) is 4.39. The zero-order valence-electron chi connectivity index (χ0n) is 12.8. The normalized spacial score (nSPS) is 23.3. The first-order valence-corrected chi connectivity index (χ1v) is 8.81. The molecule has 0 bridgehead atoms. The molecule has 0 radical (unpaired) electrons. The van der Waals surface area contributed by atoms with Crippen molar-refractivity contribution in [2.45, 2.75) is 49.2 Å². The van der Waals surface area contributed by atoms with E-state index in [1.165, 1.54) is 16.0 Å². The summed E-state index contributed by atoms with van der Waals surface area (Å²) in [6.07, 6.45) is 8.33. The fourth-order valence-corrected chi connectivity index (χ4v) is 4.23. The van der Waals surface area contributed by atoms with Gasteiger partial charge in [0, 0.05) is 30.8 Å². The first kappa shape index (κ1) is 15.2. The molecule has 1 fully saturated rings. The smallest absolute Gasteiger partial charge is 0.255 e. The van der Waals surface area contributed by atoms with Crippen LogP contribution in [-0.2, 0) is 6.54 Å². The number of nitrogens with zero attached hydrogens (tertiary/aromatic N) is 1.